The molecule has 180 valence electrons. The smallest absolute Gasteiger partial charge is 0.338 e. The predicted octanol–water partition coefficient (Wildman–Crippen LogP) is 6.90. The van der Waals surface area contributed by atoms with E-state index in [-0.39, 0.29) is 30.1 Å². The molecule has 33 heavy (non-hydrogen) atoms. The first kappa shape index (κ1) is 26.6. The minimum atomic E-state index is -0.381. The first-order chi connectivity index (χ1) is 15.6. The van der Waals surface area contributed by atoms with Crippen molar-refractivity contribution in [3.63, 3.8) is 0 Å². The van der Waals surface area contributed by atoms with Gasteiger partial charge in [-0.2, -0.15) is 0 Å². The van der Waals surface area contributed by atoms with Crippen molar-refractivity contribution in [1.82, 2.24) is 0 Å². The molecule has 2 unspecified atom stereocenters. The Morgan fingerprint density at radius 2 is 0.970 bits per heavy atom. The lowest BCUT2D eigenvalue weighted by atomic mass is 9.94. The van der Waals surface area contributed by atoms with E-state index in [1.807, 2.05) is 69.3 Å². The third-order valence-corrected chi connectivity index (χ3v) is 5.93. The molecule has 0 saturated carbocycles. The summed E-state index contributed by atoms with van der Waals surface area (Å²) in [4.78, 5) is 25.3. The van der Waals surface area contributed by atoms with Crippen LogP contribution in [0.3, 0.4) is 0 Å². The van der Waals surface area contributed by atoms with Crippen molar-refractivity contribution in [1.29, 1.82) is 0 Å². The number of ether oxygens (including phenoxy) is 2. The van der Waals surface area contributed by atoms with Crippen LogP contribution in [-0.2, 0) is 22.3 Å². The summed E-state index contributed by atoms with van der Waals surface area (Å²) in [5.41, 5.74) is 3.49. The van der Waals surface area contributed by atoms with Gasteiger partial charge in [0.25, 0.3) is 0 Å². The summed E-state index contributed by atoms with van der Waals surface area (Å²) in [5, 5.41) is 0. The Morgan fingerprint density at radius 3 is 1.24 bits per heavy atom. The summed E-state index contributed by atoms with van der Waals surface area (Å²) in [6.07, 6.45) is 1.92. The van der Waals surface area contributed by atoms with E-state index in [2.05, 4.69) is 27.7 Å². The van der Waals surface area contributed by atoms with Crippen LogP contribution in [-0.4, -0.2) is 24.1 Å². The van der Waals surface area contributed by atoms with Gasteiger partial charge in [-0.15, -0.1) is 0 Å². The van der Waals surface area contributed by atoms with Gasteiger partial charge in [0, 0.05) is 5.92 Å². The number of hydrogen-bond acceptors (Lipinski definition) is 4. The molecule has 0 aliphatic rings. The van der Waals surface area contributed by atoms with Crippen LogP contribution < -0.4 is 0 Å². The van der Waals surface area contributed by atoms with E-state index in [1.165, 1.54) is 11.1 Å². The molecular weight excluding hydrogens is 412 g/mol. The van der Waals surface area contributed by atoms with Gasteiger partial charge in [0.2, 0.25) is 0 Å². The lowest BCUT2D eigenvalue weighted by molar-refractivity contribution is -0.0232. The van der Waals surface area contributed by atoms with Gasteiger partial charge in [-0.1, -0.05) is 58.9 Å². The Labute approximate surface area is 199 Å². The van der Waals surface area contributed by atoms with Crippen LogP contribution in [0.1, 0.15) is 86.7 Å². The molecule has 0 saturated heterocycles. The highest BCUT2D eigenvalue weighted by molar-refractivity contribution is 5.90. The highest BCUT2D eigenvalue weighted by Gasteiger charge is 2.28. The van der Waals surface area contributed by atoms with Crippen molar-refractivity contribution in [2.24, 2.45) is 17.8 Å². The highest BCUT2D eigenvalue weighted by atomic mass is 16.6. The summed E-state index contributed by atoms with van der Waals surface area (Å²) in [6.45, 7) is 14.4. The van der Waals surface area contributed by atoms with Crippen LogP contribution in [0, 0.1) is 17.8 Å². The molecule has 2 aromatic carbocycles. The van der Waals surface area contributed by atoms with E-state index in [9.17, 15) is 9.59 Å². The molecule has 2 aromatic rings. The second kappa shape index (κ2) is 12.6. The molecule has 2 atom stereocenters. The molecule has 0 N–H and O–H groups in total. The standard InChI is InChI=1S/C29H40O4/c1-8-27(21(6)32-28(30)25-13-9-23(10-14-25)17-19(2)3)22(7)33-29(31)26-15-11-24(12-16-26)18-20(4)5/h9-16,19-22,27H,8,17-18H2,1-7H3. The molecular formula is C29H40O4. The van der Waals surface area contributed by atoms with Crippen molar-refractivity contribution >= 4 is 11.9 Å². The van der Waals surface area contributed by atoms with Crippen LogP contribution in [0.25, 0.3) is 0 Å². The summed E-state index contributed by atoms with van der Waals surface area (Å²) in [6, 6.07) is 15.2. The first-order valence-electron chi connectivity index (χ1n) is 12.2. The maximum Gasteiger partial charge on any atom is 0.338 e. The predicted molar refractivity (Wildman–Crippen MR) is 134 cm³/mol. The molecule has 0 amide bonds. The fraction of sp³-hybridized carbons (Fsp3) is 0.517. The van der Waals surface area contributed by atoms with Crippen LogP contribution in [0.5, 0.6) is 0 Å². The number of esters is 2. The molecule has 0 spiro atoms. The number of benzene rings is 2. The van der Waals surface area contributed by atoms with Gasteiger partial charge in [-0.3, -0.25) is 0 Å². The number of hydrogen-bond donors (Lipinski definition) is 0. The summed E-state index contributed by atoms with van der Waals surface area (Å²) >= 11 is 0. The molecule has 0 heterocycles. The monoisotopic (exact) mass is 452 g/mol. The molecule has 0 radical (unpaired) electrons. The Kier molecular flexibility index (Phi) is 10.1. The van der Waals surface area contributed by atoms with Gasteiger partial charge in [0.15, 0.2) is 0 Å². The maximum atomic E-state index is 12.7. The summed E-state index contributed by atoms with van der Waals surface area (Å²) in [5.74, 6) is 0.330. The average Bonchev–Trinajstić information content (AvgIpc) is 2.74. The van der Waals surface area contributed by atoms with Gasteiger partial charge < -0.3 is 9.47 Å². The highest BCUT2D eigenvalue weighted by Crippen LogP contribution is 2.22. The molecule has 4 heteroatoms. The number of carbonyl (C=O) groups is 2. The SMILES string of the molecule is CCC(C(C)OC(=O)c1ccc(CC(C)C)cc1)C(C)OC(=O)c1ccc(CC(C)C)cc1. The van der Waals surface area contributed by atoms with E-state index >= 15 is 0 Å². The molecule has 0 aromatic heterocycles. The maximum absolute atomic E-state index is 12.7. The Bertz CT molecular complexity index is 807. The summed E-state index contributed by atoms with van der Waals surface area (Å²) < 4.78 is 11.5. The van der Waals surface area contributed by atoms with E-state index < -0.39 is 0 Å². The molecule has 0 aliphatic carbocycles. The van der Waals surface area contributed by atoms with Crippen molar-refractivity contribution in [3.05, 3.63) is 70.8 Å². The zero-order chi connectivity index (χ0) is 24.5. The Balaban J connectivity index is 1.95. The van der Waals surface area contributed by atoms with Crippen LogP contribution in [0.4, 0.5) is 0 Å². The quantitative estimate of drug-likeness (QED) is 0.348. The molecule has 2 rings (SSSR count). The van der Waals surface area contributed by atoms with E-state index in [0.717, 1.165) is 19.3 Å². The van der Waals surface area contributed by atoms with Crippen molar-refractivity contribution in [2.75, 3.05) is 0 Å². The minimum Gasteiger partial charge on any atom is -0.459 e. The largest absolute Gasteiger partial charge is 0.459 e. The first-order valence-corrected chi connectivity index (χ1v) is 12.2. The molecule has 0 bridgehead atoms. The third-order valence-electron chi connectivity index (χ3n) is 5.93. The second-order valence-corrected chi connectivity index (χ2v) is 9.88. The average molecular weight is 453 g/mol. The second-order valence-electron chi connectivity index (χ2n) is 9.88. The van der Waals surface area contributed by atoms with Crippen molar-refractivity contribution < 1.29 is 19.1 Å². The Morgan fingerprint density at radius 1 is 0.636 bits per heavy atom. The zero-order valence-corrected chi connectivity index (χ0v) is 21.3. The lowest BCUT2D eigenvalue weighted by Crippen LogP contribution is -2.34. The molecule has 0 fully saturated rings. The van der Waals surface area contributed by atoms with Gasteiger partial charge >= 0.3 is 11.9 Å². The third kappa shape index (κ3) is 8.34. The summed E-state index contributed by atoms with van der Waals surface area (Å²) in [7, 11) is 0. The molecule has 0 aliphatic heterocycles. The normalized spacial score (nSPS) is 14.1. The number of carbonyl (C=O) groups excluding carboxylic acids is 2. The fourth-order valence-corrected chi connectivity index (χ4v) is 4.19. The minimum absolute atomic E-state index is 0.0988. The number of rotatable bonds is 11. The van der Waals surface area contributed by atoms with Crippen molar-refractivity contribution in [3.8, 4) is 0 Å². The fourth-order valence-electron chi connectivity index (χ4n) is 4.19. The van der Waals surface area contributed by atoms with Crippen LogP contribution in [0.2, 0.25) is 0 Å². The van der Waals surface area contributed by atoms with Gasteiger partial charge in [-0.05, 0) is 80.3 Å². The van der Waals surface area contributed by atoms with E-state index in [4.69, 9.17) is 9.47 Å². The van der Waals surface area contributed by atoms with Gasteiger partial charge in [0.05, 0.1) is 11.1 Å². The van der Waals surface area contributed by atoms with Gasteiger partial charge in [-0.25, -0.2) is 9.59 Å². The Hall–Kier alpha value is -2.62. The van der Waals surface area contributed by atoms with Gasteiger partial charge in [0.1, 0.15) is 12.2 Å². The van der Waals surface area contributed by atoms with E-state index in [1.54, 1.807) is 0 Å². The van der Waals surface area contributed by atoms with Crippen LogP contribution in [0.15, 0.2) is 48.5 Å². The molecule has 4 nitrogen and oxygen atoms in total. The van der Waals surface area contributed by atoms with E-state index in [0.29, 0.717) is 23.0 Å². The topological polar surface area (TPSA) is 52.6 Å². The van der Waals surface area contributed by atoms with Crippen molar-refractivity contribution in [2.45, 2.75) is 79.9 Å². The lowest BCUT2D eigenvalue weighted by Gasteiger charge is -2.28. The zero-order valence-electron chi connectivity index (χ0n) is 21.3. The van der Waals surface area contributed by atoms with Crippen LogP contribution >= 0.6 is 0 Å².